The number of carbonyl (C=O) groups excluding carboxylic acids is 2. The zero-order valence-electron chi connectivity index (χ0n) is 30.5. The molecule has 2 aliphatic rings. The van der Waals surface area contributed by atoms with E-state index >= 15 is 0 Å². The Kier molecular flexibility index (Phi) is 11.0. The summed E-state index contributed by atoms with van der Waals surface area (Å²) in [4.78, 5) is 39.2. The second-order valence-electron chi connectivity index (χ2n) is 13.7. The highest BCUT2D eigenvalue weighted by Gasteiger charge is 2.28. The molecule has 3 aromatic heterocycles. The summed E-state index contributed by atoms with van der Waals surface area (Å²) in [6, 6.07) is 21.8. The molecule has 0 bridgehead atoms. The monoisotopic (exact) mass is 714 g/mol. The second-order valence-corrected chi connectivity index (χ2v) is 13.7. The molecule has 0 unspecified atom stereocenters. The van der Waals surface area contributed by atoms with Crippen molar-refractivity contribution in [1.82, 2.24) is 29.5 Å². The highest BCUT2D eigenvalue weighted by Crippen LogP contribution is 2.30. The molecule has 0 radical (unpaired) electrons. The largest absolute Gasteiger partial charge is 0.497 e. The molecule has 1 aliphatic heterocycles. The number of likely N-dealkylation sites (tertiary alicyclic amines) is 1. The van der Waals surface area contributed by atoms with E-state index in [-0.39, 0.29) is 17.9 Å². The Bertz CT molecular complexity index is 2070. The van der Waals surface area contributed by atoms with E-state index in [1.165, 1.54) is 12.8 Å². The van der Waals surface area contributed by atoms with Crippen LogP contribution in [0.25, 0.3) is 11.0 Å². The molecule has 1 aliphatic carbocycles. The van der Waals surface area contributed by atoms with E-state index in [4.69, 9.17) is 19.6 Å². The van der Waals surface area contributed by atoms with E-state index in [0.717, 1.165) is 65.1 Å². The first-order valence-electron chi connectivity index (χ1n) is 18.2. The van der Waals surface area contributed by atoms with Gasteiger partial charge in [-0.1, -0.05) is 30.3 Å². The third-order valence-electron chi connectivity index (χ3n) is 9.98. The molecule has 5 aromatic rings. The molecule has 2 fully saturated rings. The standard InChI is InChI=1S/C41H46N8O4/c1-47(33-14-15-33)23-4-5-37(50)48-24-20-32(27-48)44-39-38-30(18-21-43-40(38)49(46-39)26-29-9-16-34(52-2)17-10-29)11-6-28-7-12-31(13-8-28)41(51)45-36-25-35(53-3)19-22-42-36/h4-5,7-10,12-13,16-19,21-22,25,32-33H,6,11,14-15,20,23-24,26-27H2,1-3H3,(H,44,46)(H,42,45,51)/b5-4+/t32-/m1/s1. The Hall–Kier alpha value is -5.75. The average molecular weight is 715 g/mol. The zero-order chi connectivity index (χ0) is 36.7. The van der Waals surface area contributed by atoms with E-state index in [9.17, 15) is 9.59 Å². The number of likely N-dealkylation sites (N-methyl/N-ethyl adjacent to an activating group) is 1. The fourth-order valence-corrected chi connectivity index (χ4v) is 6.74. The molecule has 7 rings (SSSR count). The maximum atomic E-state index is 13.0. The second kappa shape index (κ2) is 16.3. The van der Waals surface area contributed by atoms with E-state index in [0.29, 0.717) is 42.8 Å². The Balaban J connectivity index is 1.06. The van der Waals surface area contributed by atoms with Gasteiger partial charge in [-0.25, -0.2) is 14.6 Å². The third kappa shape index (κ3) is 8.83. The van der Waals surface area contributed by atoms with Crippen LogP contribution in [0.1, 0.15) is 46.3 Å². The maximum absolute atomic E-state index is 13.0. The number of hydrogen-bond acceptors (Lipinski definition) is 9. The summed E-state index contributed by atoms with van der Waals surface area (Å²) in [5.41, 5.74) is 4.65. The van der Waals surface area contributed by atoms with Crippen molar-refractivity contribution in [2.75, 3.05) is 51.5 Å². The SMILES string of the molecule is COc1ccc(Cn2nc(N[C@@H]3CCN(C(=O)/C=C/CN(C)C4CC4)C3)c3c(CCc4ccc(C(=O)Nc5cc(OC)ccn5)cc4)ccnc32)cc1. The fraction of sp³-hybridized carbons (Fsp3) is 0.341. The number of nitrogens with zero attached hydrogens (tertiary/aromatic N) is 6. The molecule has 1 saturated carbocycles. The van der Waals surface area contributed by atoms with Crippen LogP contribution in [-0.2, 0) is 24.2 Å². The number of methoxy groups -OCH3 is 2. The van der Waals surface area contributed by atoms with Crippen molar-refractivity contribution in [2.45, 2.75) is 50.7 Å². The van der Waals surface area contributed by atoms with Crippen LogP contribution >= 0.6 is 0 Å². The number of rotatable bonds is 15. The van der Waals surface area contributed by atoms with Gasteiger partial charge in [0.25, 0.3) is 5.91 Å². The normalized spacial score (nSPS) is 15.7. The van der Waals surface area contributed by atoms with Crippen LogP contribution in [0.4, 0.5) is 11.6 Å². The minimum atomic E-state index is -0.238. The van der Waals surface area contributed by atoms with Gasteiger partial charge >= 0.3 is 0 Å². The molecule has 12 heteroatoms. The topological polar surface area (TPSA) is 127 Å². The summed E-state index contributed by atoms with van der Waals surface area (Å²) in [5.74, 6) is 2.44. The van der Waals surface area contributed by atoms with Crippen LogP contribution in [0, 0.1) is 0 Å². The number of benzene rings is 2. The molecule has 2 aromatic carbocycles. The van der Waals surface area contributed by atoms with Gasteiger partial charge in [0.2, 0.25) is 5.91 Å². The zero-order valence-corrected chi connectivity index (χ0v) is 30.5. The van der Waals surface area contributed by atoms with E-state index in [1.807, 2.05) is 70.4 Å². The molecule has 1 saturated heterocycles. The van der Waals surface area contributed by atoms with Gasteiger partial charge in [-0.05, 0) is 92.2 Å². The quantitative estimate of drug-likeness (QED) is 0.134. The smallest absolute Gasteiger partial charge is 0.256 e. The predicted molar refractivity (Wildman–Crippen MR) is 206 cm³/mol. The number of pyridine rings is 2. The number of anilines is 2. The molecular weight excluding hydrogens is 669 g/mol. The van der Waals surface area contributed by atoms with Crippen molar-refractivity contribution < 1.29 is 19.1 Å². The van der Waals surface area contributed by atoms with Crippen LogP contribution < -0.4 is 20.1 Å². The van der Waals surface area contributed by atoms with Gasteiger partial charge in [0.05, 0.1) is 26.2 Å². The number of amides is 2. The van der Waals surface area contributed by atoms with Crippen LogP contribution in [0.15, 0.2) is 91.3 Å². The lowest BCUT2D eigenvalue weighted by Crippen LogP contribution is -2.30. The first-order valence-corrected chi connectivity index (χ1v) is 18.2. The summed E-state index contributed by atoms with van der Waals surface area (Å²) in [6.07, 6.45) is 12.0. The summed E-state index contributed by atoms with van der Waals surface area (Å²) in [5, 5.41) is 12.6. The van der Waals surface area contributed by atoms with Gasteiger partial charge in [-0.2, -0.15) is 5.10 Å². The van der Waals surface area contributed by atoms with Crippen LogP contribution in [0.5, 0.6) is 11.5 Å². The summed E-state index contributed by atoms with van der Waals surface area (Å²) in [7, 11) is 5.35. The minimum absolute atomic E-state index is 0.0520. The van der Waals surface area contributed by atoms with Crippen LogP contribution in [0.3, 0.4) is 0 Å². The molecule has 4 heterocycles. The Morgan fingerprint density at radius 1 is 0.906 bits per heavy atom. The first-order chi connectivity index (χ1) is 25.9. The van der Waals surface area contributed by atoms with Crippen molar-refractivity contribution >= 4 is 34.5 Å². The van der Waals surface area contributed by atoms with Gasteiger partial charge in [0, 0.05) is 61.8 Å². The summed E-state index contributed by atoms with van der Waals surface area (Å²) >= 11 is 0. The highest BCUT2D eigenvalue weighted by molar-refractivity contribution is 6.03. The van der Waals surface area contributed by atoms with E-state index in [2.05, 4.69) is 33.6 Å². The lowest BCUT2D eigenvalue weighted by molar-refractivity contribution is -0.125. The lowest BCUT2D eigenvalue weighted by Gasteiger charge is -2.16. The molecule has 53 heavy (non-hydrogen) atoms. The van der Waals surface area contributed by atoms with Gasteiger partial charge < -0.3 is 25.0 Å². The molecular formula is C41H46N8O4. The van der Waals surface area contributed by atoms with E-state index in [1.54, 1.807) is 38.6 Å². The Morgan fingerprint density at radius 3 is 2.42 bits per heavy atom. The van der Waals surface area contributed by atoms with Crippen LogP contribution in [-0.4, -0.2) is 94.3 Å². The van der Waals surface area contributed by atoms with Crippen molar-refractivity contribution in [2.24, 2.45) is 0 Å². The summed E-state index contributed by atoms with van der Waals surface area (Å²) in [6.45, 7) is 2.64. The van der Waals surface area contributed by atoms with Crippen molar-refractivity contribution in [3.8, 4) is 11.5 Å². The number of aryl methyl sites for hydroxylation is 2. The number of ether oxygens (including phenoxy) is 2. The number of aromatic nitrogens is 4. The Morgan fingerprint density at radius 2 is 1.66 bits per heavy atom. The van der Waals surface area contributed by atoms with Crippen LogP contribution in [0.2, 0.25) is 0 Å². The average Bonchev–Trinajstić information content (AvgIpc) is 3.85. The first kappa shape index (κ1) is 35.6. The van der Waals surface area contributed by atoms with Gasteiger partial charge in [-0.3, -0.25) is 14.5 Å². The van der Waals surface area contributed by atoms with Crippen molar-refractivity contribution in [1.29, 1.82) is 0 Å². The molecule has 2 N–H and O–H groups in total. The maximum Gasteiger partial charge on any atom is 0.256 e. The van der Waals surface area contributed by atoms with Crippen molar-refractivity contribution in [3.63, 3.8) is 0 Å². The molecule has 12 nitrogen and oxygen atoms in total. The Labute approximate surface area is 309 Å². The number of hydrogen-bond donors (Lipinski definition) is 2. The summed E-state index contributed by atoms with van der Waals surface area (Å²) < 4.78 is 12.5. The fourth-order valence-electron chi connectivity index (χ4n) is 6.74. The van der Waals surface area contributed by atoms with Gasteiger partial charge in [0.15, 0.2) is 11.5 Å². The number of carbonyl (C=O) groups is 2. The van der Waals surface area contributed by atoms with Gasteiger partial charge in [0.1, 0.15) is 17.3 Å². The highest BCUT2D eigenvalue weighted by atomic mass is 16.5. The van der Waals surface area contributed by atoms with Gasteiger partial charge in [-0.15, -0.1) is 0 Å². The molecule has 0 spiro atoms. The third-order valence-corrected chi connectivity index (χ3v) is 9.98. The van der Waals surface area contributed by atoms with Crippen molar-refractivity contribution in [3.05, 3.63) is 114 Å². The predicted octanol–water partition coefficient (Wildman–Crippen LogP) is 5.59. The minimum Gasteiger partial charge on any atom is -0.497 e. The number of nitrogens with one attached hydrogen (secondary N) is 2. The molecule has 1 atom stereocenters. The molecule has 2 amide bonds. The number of fused-ring (bicyclic) bond motifs is 1. The molecule has 274 valence electrons. The van der Waals surface area contributed by atoms with E-state index < -0.39 is 0 Å². The lowest BCUT2D eigenvalue weighted by atomic mass is 10.0.